The van der Waals surface area contributed by atoms with E-state index >= 15 is 0 Å². The Labute approximate surface area is 149 Å². The maximum absolute atomic E-state index is 11.0. The van der Waals surface area contributed by atoms with E-state index in [9.17, 15) is 20.4 Å². The van der Waals surface area contributed by atoms with Crippen molar-refractivity contribution in [2.24, 2.45) is 28.6 Å². The Morgan fingerprint density at radius 1 is 1.12 bits per heavy atom. The lowest BCUT2D eigenvalue weighted by Gasteiger charge is -2.40. The standard InChI is InChI=1S/C20H32O5/c1-10(8-21)13-16(23)17(24)15-18-14-11(9-25-18)12(22)4-5-19(14,2)6-7-20(13,15)3/h10,12-13,15-18,21-24H,4-9H2,1-3H3. The Morgan fingerprint density at radius 2 is 1.84 bits per heavy atom. The molecular formula is C20H32O5. The lowest BCUT2D eigenvalue weighted by Crippen LogP contribution is -2.41. The van der Waals surface area contributed by atoms with Crippen molar-refractivity contribution in [3.63, 3.8) is 0 Å². The topological polar surface area (TPSA) is 90.2 Å². The smallest absolute Gasteiger partial charge is 0.0863 e. The summed E-state index contributed by atoms with van der Waals surface area (Å²) in [5.74, 6) is -0.423. The number of hydrogen-bond donors (Lipinski definition) is 4. The maximum Gasteiger partial charge on any atom is 0.0863 e. The highest BCUT2D eigenvalue weighted by molar-refractivity contribution is 5.38. The Balaban J connectivity index is 1.83. The van der Waals surface area contributed by atoms with E-state index < -0.39 is 18.3 Å². The summed E-state index contributed by atoms with van der Waals surface area (Å²) in [5.41, 5.74) is 1.92. The largest absolute Gasteiger partial charge is 0.396 e. The van der Waals surface area contributed by atoms with Gasteiger partial charge in [-0.15, -0.1) is 0 Å². The van der Waals surface area contributed by atoms with Crippen LogP contribution in [0, 0.1) is 28.6 Å². The third-order valence-electron chi connectivity index (χ3n) is 8.12. The summed E-state index contributed by atoms with van der Waals surface area (Å²) in [6.45, 7) is 6.83. The van der Waals surface area contributed by atoms with Crippen LogP contribution >= 0.6 is 0 Å². The summed E-state index contributed by atoms with van der Waals surface area (Å²) in [6, 6.07) is 0. The molecule has 4 aliphatic rings. The molecule has 0 amide bonds. The quantitative estimate of drug-likeness (QED) is 0.562. The van der Waals surface area contributed by atoms with Crippen molar-refractivity contribution in [1.29, 1.82) is 0 Å². The van der Waals surface area contributed by atoms with Crippen molar-refractivity contribution < 1.29 is 25.2 Å². The highest BCUT2D eigenvalue weighted by Gasteiger charge is 2.65. The number of aliphatic hydroxyl groups is 4. The van der Waals surface area contributed by atoms with Crippen LogP contribution in [0.2, 0.25) is 0 Å². The van der Waals surface area contributed by atoms with E-state index in [1.54, 1.807) is 0 Å². The van der Waals surface area contributed by atoms with Crippen LogP contribution in [-0.2, 0) is 4.74 Å². The first kappa shape index (κ1) is 17.9. The minimum Gasteiger partial charge on any atom is -0.396 e. The highest BCUT2D eigenvalue weighted by atomic mass is 16.5. The Hall–Kier alpha value is -0.460. The lowest BCUT2D eigenvalue weighted by molar-refractivity contribution is -0.0436. The lowest BCUT2D eigenvalue weighted by atomic mass is 9.65. The van der Waals surface area contributed by atoms with Gasteiger partial charge >= 0.3 is 0 Å². The van der Waals surface area contributed by atoms with Crippen LogP contribution in [0.25, 0.3) is 0 Å². The molecule has 25 heavy (non-hydrogen) atoms. The third kappa shape index (κ3) is 2.26. The normalized spacial score (nSPS) is 53.4. The zero-order valence-electron chi connectivity index (χ0n) is 15.5. The van der Waals surface area contributed by atoms with Gasteiger partial charge in [0.05, 0.1) is 31.0 Å². The molecule has 1 heterocycles. The summed E-state index contributed by atoms with van der Waals surface area (Å²) in [5, 5.41) is 42.0. The molecule has 0 aromatic heterocycles. The van der Waals surface area contributed by atoms with Crippen LogP contribution in [0.5, 0.6) is 0 Å². The number of fused-ring (bicyclic) bond motifs is 2. The monoisotopic (exact) mass is 352 g/mol. The van der Waals surface area contributed by atoms with Crippen LogP contribution in [0.1, 0.15) is 46.5 Å². The molecular weight excluding hydrogens is 320 g/mol. The number of aliphatic hydroxyl groups excluding tert-OH is 4. The van der Waals surface area contributed by atoms with Gasteiger partial charge in [0.15, 0.2) is 0 Å². The zero-order chi connectivity index (χ0) is 18.1. The molecule has 1 aliphatic heterocycles. The minimum absolute atomic E-state index is 0.000749. The molecule has 0 spiro atoms. The molecule has 0 radical (unpaired) electrons. The maximum atomic E-state index is 11.0. The van der Waals surface area contributed by atoms with Crippen molar-refractivity contribution in [2.45, 2.75) is 70.9 Å². The fourth-order valence-corrected chi connectivity index (χ4v) is 6.77. The van der Waals surface area contributed by atoms with Gasteiger partial charge in [0.1, 0.15) is 0 Å². The van der Waals surface area contributed by atoms with E-state index in [-0.39, 0.29) is 41.3 Å². The molecule has 142 valence electrons. The van der Waals surface area contributed by atoms with E-state index in [0.717, 1.165) is 31.3 Å². The van der Waals surface area contributed by atoms with Gasteiger partial charge in [-0.3, -0.25) is 0 Å². The van der Waals surface area contributed by atoms with Crippen molar-refractivity contribution >= 4 is 0 Å². The summed E-state index contributed by atoms with van der Waals surface area (Å²) >= 11 is 0. The predicted octanol–water partition coefficient (Wildman–Crippen LogP) is 1.24. The number of rotatable bonds is 2. The molecule has 2 fully saturated rings. The van der Waals surface area contributed by atoms with Gasteiger partial charge in [-0.1, -0.05) is 20.8 Å². The van der Waals surface area contributed by atoms with Gasteiger partial charge in [-0.25, -0.2) is 0 Å². The molecule has 0 saturated heterocycles. The van der Waals surface area contributed by atoms with Crippen LogP contribution < -0.4 is 0 Å². The van der Waals surface area contributed by atoms with Crippen LogP contribution in [0.4, 0.5) is 0 Å². The van der Waals surface area contributed by atoms with E-state index in [4.69, 9.17) is 4.74 Å². The minimum atomic E-state index is -0.859. The third-order valence-corrected chi connectivity index (χ3v) is 8.12. The molecule has 3 aliphatic carbocycles. The molecule has 2 saturated carbocycles. The van der Waals surface area contributed by atoms with E-state index in [1.165, 1.54) is 5.57 Å². The predicted molar refractivity (Wildman–Crippen MR) is 92.7 cm³/mol. The van der Waals surface area contributed by atoms with Gasteiger partial charge in [0.25, 0.3) is 0 Å². The molecule has 9 unspecified atom stereocenters. The summed E-state index contributed by atoms with van der Waals surface area (Å²) < 4.78 is 6.18. The summed E-state index contributed by atoms with van der Waals surface area (Å²) in [4.78, 5) is 0. The van der Waals surface area contributed by atoms with Crippen molar-refractivity contribution in [2.75, 3.05) is 13.2 Å². The molecule has 5 heteroatoms. The highest BCUT2D eigenvalue weighted by Crippen LogP contribution is 2.64. The van der Waals surface area contributed by atoms with Gasteiger partial charge in [0, 0.05) is 12.5 Å². The van der Waals surface area contributed by atoms with Crippen LogP contribution in [0.15, 0.2) is 11.1 Å². The van der Waals surface area contributed by atoms with Crippen LogP contribution in [-0.4, -0.2) is 58.1 Å². The summed E-state index contributed by atoms with van der Waals surface area (Å²) in [6.07, 6.45) is 1.20. The molecule has 5 nitrogen and oxygen atoms in total. The fourth-order valence-electron chi connectivity index (χ4n) is 6.77. The molecule has 0 bridgehead atoms. The number of ether oxygens (including phenoxy) is 1. The Bertz CT molecular complexity index is 589. The van der Waals surface area contributed by atoms with Gasteiger partial charge in [-0.2, -0.15) is 0 Å². The van der Waals surface area contributed by atoms with E-state index in [0.29, 0.717) is 6.61 Å². The molecule has 4 N–H and O–H groups in total. The first-order valence-corrected chi connectivity index (χ1v) is 9.74. The van der Waals surface area contributed by atoms with E-state index in [1.807, 2.05) is 6.92 Å². The average molecular weight is 352 g/mol. The fraction of sp³-hybridized carbons (Fsp3) is 0.900. The molecule has 0 aromatic rings. The second-order valence-corrected chi connectivity index (χ2v) is 9.48. The SMILES string of the molecule is CC(CO)C1C(O)C(O)C2C3OCC4=C3C(C)(CCC4O)CCC12C. The number of hydrogen-bond acceptors (Lipinski definition) is 5. The second-order valence-electron chi connectivity index (χ2n) is 9.48. The van der Waals surface area contributed by atoms with Gasteiger partial charge in [0.2, 0.25) is 0 Å². The average Bonchev–Trinajstić information content (AvgIpc) is 3.06. The van der Waals surface area contributed by atoms with Crippen molar-refractivity contribution in [1.82, 2.24) is 0 Å². The molecule has 9 atom stereocenters. The van der Waals surface area contributed by atoms with Gasteiger partial charge < -0.3 is 25.2 Å². The molecule has 4 rings (SSSR count). The van der Waals surface area contributed by atoms with E-state index in [2.05, 4.69) is 13.8 Å². The van der Waals surface area contributed by atoms with Crippen molar-refractivity contribution in [3.8, 4) is 0 Å². The Morgan fingerprint density at radius 3 is 2.52 bits per heavy atom. The second kappa shape index (κ2) is 5.77. The van der Waals surface area contributed by atoms with Crippen LogP contribution in [0.3, 0.4) is 0 Å². The zero-order valence-corrected chi connectivity index (χ0v) is 15.5. The Kier molecular flexibility index (Phi) is 4.14. The summed E-state index contributed by atoms with van der Waals surface area (Å²) in [7, 11) is 0. The van der Waals surface area contributed by atoms with Gasteiger partial charge in [-0.05, 0) is 59.5 Å². The van der Waals surface area contributed by atoms with Crippen molar-refractivity contribution in [3.05, 3.63) is 11.1 Å². The first-order valence-electron chi connectivity index (χ1n) is 9.74. The first-order chi connectivity index (χ1) is 11.7. The molecule has 0 aromatic carbocycles.